The van der Waals surface area contributed by atoms with Crippen molar-refractivity contribution < 1.29 is 27.5 Å². The number of hydrogen-bond acceptors (Lipinski definition) is 6. The average molecular weight is 506 g/mol. The summed E-state index contributed by atoms with van der Waals surface area (Å²) in [4.78, 5) is 27.8. The lowest BCUT2D eigenvalue weighted by molar-refractivity contribution is -0.139. The summed E-state index contributed by atoms with van der Waals surface area (Å²) in [5.74, 6) is 0.345. The number of anilines is 1. The number of benzene rings is 2. The van der Waals surface area contributed by atoms with E-state index in [1.807, 2.05) is 19.9 Å². The molecule has 0 aliphatic rings. The van der Waals surface area contributed by atoms with Crippen LogP contribution in [0, 0.1) is 0 Å². The normalized spacial score (nSPS) is 12.9. The molecule has 2 aromatic rings. The lowest BCUT2D eigenvalue weighted by Crippen LogP contribution is -2.52. The van der Waals surface area contributed by atoms with E-state index in [0.717, 1.165) is 22.5 Å². The highest BCUT2D eigenvalue weighted by Crippen LogP contribution is 2.23. The lowest BCUT2D eigenvalue weighted by atomic mass is 10.1. The molecular formula is C25H35N3O6S. The topological polar surface area (TPSA) is 105 Å². The summed E-state index contributed by atoms with van der Waals surface area (Å²) in [7, 11) is -0.740. The summed E-state index contributed by atoms with van der Waals surface area (Å²) >= 11 is 0. The number of hydrogen-bond donors (Lipinski definition) is 1. The summed E-state index contributed by atoms with van der Waals surface area (Å²) in [6, 6.07) is 12.6. The molecule has 35 heavy (non-hydrogen) atoms. The van der Waals surface area contributed by atoms with Crippen molar-refractivity contribution in [2.45, 2.75) is 45.8 Å². The number of methoxy groups -OCH3 is 2. The van der Waals surface area contributed by atoms with Crippen molar-refractivity contribution in [3.8, 4) is 11.5 Å². The fraction of sp³-hybridized carbons (Fsp3) is 0.440. The van der Waals surface area contributed by atoms with E-state index < -0.39 is 28.5 Å². The van der Waals surface area contributed by atoms with Crippen molar-refractivity contribution >= 4 is 27.5 Å². The Labute approximate surface area is 208 Å². The Hall–Kier alpha value is -3.27. The van der Waals surface area contributed by atoms with Gasteiger partial charge in [0, 0.05) is 12.6 Å². The van der Waals surface area contributed by atoms with Gasteiger partial charge >= 0.3 is 0 Å². The van der Waals surface area contributed by atoms with Crippen LogP contribution in [0.3, 0.4) is 0 Å². The van der Waals surface area contributed by atoms with E-state index in [0.29, 0.717) is 17.2 Å². The molecule has 2 atom stereocenters. The van der Waals surface area contributed by atoms with E-state index in [1.54, 1.807) is 56.5 Å². The van der Waals surface area contributed by atoms with Gasteiger partial charge in [-0.15, -0.1) is 0 Å². The molecule has 1 N–H and O–H groups in total. The second kappa shape index (κ2) is 12.4. The van der Waals surface area contributed by atoms with Crippen molar-refractivity contribution in [3.05, 3.63) is 54.1 Å². The van der Waals surface area contributed by atoms with Crippen molar-refractivity contribution in [3.63, 3.8) is 0 Å². The first-order valence-corrected chi connectivity index (χ1v) is 13.2. The molecular weight excluding hydrogens is 470 g/mol. The van der Waals surface area contributed by atoms with Crippen LogP contribution < -0.4 is 19.1 Å². The predicted molar refractivity (Wildman–Crippen MR) is 136 cm³/mol. The molecule has 192 valence electrons. The minimum absolute atomic E-state index is 0.0643. The van der Waals surface area contributed by atoms with Crippen molar-refractivity contribution in [2.75, 3.05) is 31.3 Å². The number of nitrogens with zero attached hydrogens (tertiary/aromatic N) is 2. The summed E-state index contributed by atoms with van der Waals surface area (Å²) in [5.41, 5.74) is 1.07. The molecule has 0 heterocycles. The Morgan fingerprint density at radius 1 is 1.00 bits per heavy atom. The Balaban J connectivity index is 2.39. The monoisotopic (exact) mass is 505 g/mol. The van der Waals surface area contributed by atoms with E-state index in [9.17, 15) is 18.0 Å². The van der Waals surface area contributed by atoms with Crippen LogP contribution in [0.15, 0.2) is 48.5 Å². The van der Waals surface area contributed by atoms with Crippen LogP contribution in [0.5, 0.6) is 11.5 Å². The number of carbonyl (C=O) groups excluding carboxylic acids is 2. The van der Waals surface area contributed by atoms with Crippen LogP contribution in [-0.2, 0) is 26.2 Å². The van der Waals surface area contributed by atoms with Gasteiger partial charge in [0.1, 0.15) is 24.1 Å². The molecule has 0 saturated carbocycles. The summed E-state index contributed by atoms with van der Waals surface area (Å²) < 4.78 is 36.6. The van der Waals surface area contributed by atoms with E-state index >= 15 is 0 Å². The first kappa shape index (κ1) is 28.0. The molecule has 0 bridgehead atoms. The van der Waals surface area contributed by atoms with Gasteiger partial charge in [-0.2, -0.15) is 0 Å². The Morgan fingerprint density at radius 2 is 1.63 bits per heavy atom. The van der Waals surface area contributed by atoms with Gasteiger partial charge in [0.25, 0.3) is 0 Å². The Morgan fingerprint density at radius 3 is 2.17 bits per heavy atom. The minimum atomic E-state index is -3.79. The lowest BCUT2D eigenvalue weighted by Gasteiger charge is -2.32. The Kier molecular flexibility index (Phi) is 9.94. The molecule has 2 rings (SSSR count). The third-order valence-electron chi connectivity index (χ3n) is 5.70. The van der Waals surface area contributed by atoms with Gasteiger partial charge in [-0.25, -0.2) is 8.42 Å². The molecule has 0 aliphatic carbocycles. The van der Waals surface area contributed by atoms with Crippen LogP contribution in [0.25, 0.3) is 0 Å². The maximum absolute atomic E-state index is 13.5. The number of ether oxygens (including phenoxy) is 2. The second-order valence-electron chi connectivity index (χ2n) is 8.33. The zero-order chi connectivity index (χ0) is 26.2. The molecule has 0 aliphatic heterocycles. The van der Waals surface area contributed by atoms with Gasteiger partial charge in [0.05, 0.1) is 26.2 Å². The quantitative estimate of drug-likeness (QED) is 0.476. The molecule has 0 saturated heterocycles. The number of rotatable bonds is 12. The van der Waals surface area contributed by atoms with Crippen molar-refractivity contribution in [1.82, 2.24) is 10.2 Å². The molecule has 0 radical (unpaired) electrons. The summed E-state index contributed by atoms with van der Waals surface area (Å²) in [6.45, 7) is 5.11. The average Bonchev–Trinajstić information content (AvgIpc) is 2.84. The van der Waals surface area contributed by atoms with Crippen LogP contribution in [-0.4, -0.2) is 64.2 Å². The number of nitrogens with one attached hydrogen (secondary N) is 1. The van der Waals surface area contributed by atoms with Gasteiger partial charge in [-0.3, -0.25) is 13.9 Å². The fourth-order valence-corrected chi connectivity index (χ4v) is 4.23. The van der Waals surface area contributed by atoms with Gasteiger partial charge in [0.15, 0.2) is 0 Å². The zero-order valence-electron chi connectivity index (χ0n) is 21.1. The van der Waals surface area contributed by atoms with E-state index in [4.69, 9.17) is 9.47 Å². The molecule has 9 nitrogen and oxygen atoms in total. The first-order chi connectivity index (χ1) is 16.5. The standard InChI is InChI=1S/C25H35N3O6S/c1-7-18(2)26-25(30)19(3)27(16-20-9-8-10-23(15-20)34-5)24(29)17-28(35(6,31)32)21-11-13-22(33-4)14-12-21/h8-15,18-19H,7,16-17H2,1-6H3,(H,26,30)/t18-,19-/m1/s1. The van der Waals surface area contributed by atoms with E-state index in [2.05, 4.69) is 5.32 Å². The van der Waals surface area contributed by atoms with Crippen molar-refractivity contribution in [2.24, 2.45) is 0 Å². The van der Waals surface area contributed by atoms with E-state index in [1.165, 1.54) is 12.0 Å². The zero-order valence-corrected chi connectivity index (χ0v) is 22.0. The molecule has 0 fully saturated rings. The third-order valence-corrected chi connectivity index (χ3v) is 6.84. The molecule has 2 aromatic carbocycles. The number of sulfonamides is 1. The predicted octanol–water partition coefficient (Wildman–Crippen LogP) is 2.80. The summed E-state index contributed by atoms with van der Waals surface area (Å²) in [6.07, 6.45) is 1.78. The van der Waals surface area contributed by atoms with Crippen LogP contribution in [0.2, 0.25) is 0 Å². The highest BCUT2D eigenvalue weighted by molar-refractivity contribution is 7.92. The van der Waals surface area contributed by atoms with Gasteiger partial charge in [-0.05, 0) is 62.2 Å². The molecule has 0 aromatic heterocycles. The number of carbonyl (C=O) groups is 2. The Bertz CT molecular complexity index is 1100. The van der Waals surface area contributed by atoms with Crippen LogP contribution >= 0.6 is 0 Å². The largest absolute Gasteiger partial charge is 0.497 e. The first-order valence-electron chi connectivity index (χ1n) is 11.3. The van der Waals surface area contributed by atoms with Gasteiger partial charge in [-0.1, -0.05) is 19.1 Å². The van der Waals surface area contributed by atoms with Gasteiger partial charge < -0.3 is 19.7 Å². The number of amides is 2. The smallest absolute Gasteiger partial charge is 0.244 e. The SMILES string of the molecule is CC[C@@H](C)NC(=O)[C@@H](C)N(Cc1cccc(OC)c1)C(=O)CN(c1ccc(OC)cc1)S(C)(=O)=O. The third kappa shape index (κ3) is 7.88. The van der Waals surface area contributed by atoms with Gasteiger partial charge in [0.2, 0.25) is 21.8 Å². The highest BCUT2D eigenvalue weighted by atomic mass is 32.2. The molecule has 2 amide bonds. The molecule has 0 unspecified atom stereocenters. The van der Waals surface area contributed by atoms with Crippen LogP contribution in [0.4, 0.5) is 5.69 Å². The second-order valence-corrected chi connectivity index (χ2v) is 10.2. The maximum atomic E-state index is 13.5. The molecule has 10 heteroatoms. The van der Waals surface area contributed by atoms with Crippen LogP contribution in [0.1, 0.15) is 32.8 Å². The summed E-state index contributed by atoms with van der Waals surface area (Å²) in [5, 5.41) is 2.90. The maximum Gasteiger partial charge on any atom is 0.244 e. The van der Waals surface area contributed by atoms with E-state index in [-0.39, 0.29) is 18.5 Å². The highest BCUT2D eigenvalue weighted by Gasteiger charge is 2.30. The minimum Gasteiger partial charge on any atom is -0.497 e. The van der Waals surface area contributed by atoms with Crippen molar-refractivity contribution in [1.29, 1.82) is 0 Å². The molecule has 0 spiro atoms. The fourth-order valence-electron chi connectivity index (χ4n) is 3.38.